The number of rotatable bonds is 4. The first-order chi connectivity index (χ1) is 10.0. The highest BCUT2D eigenvalue weighted by molar-refractivity contribution is 7.86. The van der Waals surface area contributed by atoms with Crippen LogP contribution < -0.4 is 0 Å². The summed E-state index contributed by atoms with van der Waals surface area (Å²) in [7, 11) is -4.04. The third-order valence-electron chi connectivity index (χ3n) is 2.74. The van der Waals surface area contributed by atoms with E-state index in [-0.39, 0.29) is 10.6 Å². The van der Waals surface area contributed by atoms with Crippen molar-refractivity contribution in [1.82, 2.24) is 0 Å². The third kappa shape index (κ3) is 3.46. The zero-order chi connectivity index (χ0) is 15.3. The van der Waals surface area contributed by atoms with E-state index in [1.807, 2.05) is 6.07 Å². The molecule has 0 unspecified atom stereocenters. The van der Waals surface area contributed by atoms with Crippen molar-refractivity contribution in [3.05, 3.63) is 65.7 Å². The fourth-order valence-corrected chi connectivity index (χ4v) is 2.66. The number of aryl methyl sites for hydroxylation is 1. The first kappa shape index (κ1) is 14.8. The van der Waals surface area contributed by atoms with Crippen LogP contribution >= 0.6 is 0 Å². The molecule has 0 atom stereocenters. The van der Waals surface area contributed by atoms with Crippen molar-refractivity contribution >= 4 is 15.8 Å². The van der Waals surface area contributed by atoms with Crippen LogP contribution in [0.4, 0.5) is 0 Å². The molecular formula is C15H12N2O3S. The van der Waals surface area contributed by atoms with Gasteiger partial charge in [0.05, 0.1) is 0 Å². The fourth-order valence-electron chi connectivity index (χ4n) is 1.70. The predicted octanol–water partition coefficient (Wildman–Crippen LogP) is 2.63. The van der Waals surface area contributed by atoms with Crippen LogP contribution in [0.1, 0.15) is 11.1 Å². The highest BCUT2D eigenvalue weighted by Gasteiger charge is 2.18. The molecule has 0 fully saturated rings. The zero-order valence-corrected chi connectivity index (χ0v) is 12.0. The summed E-state index contributed by atoms with van der Waals surface area (Å²) < 4.78 is 28.8. The molecule has 0 heterocycles. The second-order valence-electron chi connectivity index (χ2n) is 4.21. The minimum Gasteiger partial charge on any atom is -0.263 e. The van der Waals surface area contributed by atoms with Crippen molar-refractivity contribution in [3.63, 3.8) is 0 Å². The molecule has 0 saturated heterocycles. The van der Waals surface area contributed by atoms with E-state index in [1.54, 1.807) is 55.5 Å². The molecule has 0 saturated carbocycles. The van der Waals surface area contributed by atoms with E-state index >= 15 is 0 Å². The standard InChI is InChI=1S/C15H12N2O3S/c1-12-7-5-6-10-15(12)21(18,19)20-17-14(11-16)13-8-3-2-4-9-13/h2-10H,1H3/b17-14+. The maximum atomic E-state index is 12.1. The van der Waals surface area contributed by atoms with Gasteiger partial charge in [0.2, 0.25) is 0 Å². The number of hydrogen-bond acceptors (Lipinski definition) is 5. The smallest absolute Gasteiger partial charge is 0.263 e. The van der Waals surface area contributed by atoms with Crippen molar-refractivity contribution in [3.8, 4) is 6.07 Å². The first-order valence-corrected chi connectivity index (χ1v) is 7.48. The van der Waals surface area contributed by atoms with Gasteiger partial charge >= 0.3 is 10.1 Å². The summed E-state index contributed by atoms with van der Waals surface area (Å²) >= 11 is 0. The average Bonchev–Trinajstić information content (AvgIpc) is 2.49. The summed E-state index contributed by atoms with van der Waals surface area (Å²) in [5.74, 6) is 0. The molecule has 0 N–H and O–H groups in total. The Bertz CT molecular complexity index is 806. The third-order valence-corrected chi connectivity index (χ3v) is 4.01. The van der Waals surface area contributed by atoms with Gasteiger partial charge in [0.1, 0.15) is 11.0 Å². The quantitative estimate of drug-likeness (QED) is 0.642. The van der Waals surface area contributed by atoms with Crippen molar-refractivity contribution in [2.24, 2.45) is 5.16 Å². The second-order valence-corrected chi connectivity index (χ2v) is 5.71. The minimum atomic E-state index is -4.04. The average molecular weight is 300 g/mol. The predicted molar refractivity (Wildman–Crippen MR) is 78.0 cm³/mol. The van der Waals surface area contributed by atoms with Crippen molar-refractivity contribution in [2.75, 3.05) is 0 Å². The molecule has 2 aromatic rings. The maximum absolute atomic E-state index is 12.1. The van der Waals surface area contributed by atoms with Crippen molar-refractivity contribution < 1.29 is 12.7 Å². The number of oxime groups is 1. The second kappa shape index (κ2) is 6.20. The van der Waals surface area contributed by atoms with Crippen molar-refractivity contribution in [1.29, 1.82) is 5.26 Å². The molecule has 0 aromatic heterocycles. The van der Waals surface area contributed by atoms with Gasteiger partial charge in [-0.3, -0.25) is 4.28 Å². The van der Waals surface area contributed by atoms with E-state index in [0.717, 1.165) is 0 Å². The lowest BCUT2D eigenvalue weighted by Gasteiger charge is -2.05. The lowest BCUT2D eigenvalue weighted by Crippen LogP contribution is -2.07. The monoisotopic (exact) mass is 300 g/mol. The Kier molecular flexibility index (Phi) is 4.36. The molecular weight excluding hydrogens is 288 g/mol. The summed E-state index contributed by atoms with van der Waals surface area (Å²) in [5.41, 5.74) is 0.929. The van der Waals surface area contributed by atoms with Gasteiger partial charge in [0, 0.05) is 5.56 Å². The Balaban J connectivity index is 2.31. The number of nitriles is 1. The van der Waals surface area contributed by atoms with Crippen LogP contribution in [0.2, 0.25) is 0 Å². The number of benzene rings is 2. The minimum absolute atomic E-state index is 0.0269. The van der Waals surface area contributed by atoms with E-state index in [0.29, 0.717) is 11.1 Å². The first-order valence-electron chi connectivity index (χ1n) is 6.07. The SMILES string of the molecule is Cc1ccccc1S(=O)(=O)O/N=C(\C#N)c1ccccc1. The van der Waals surface area contributed by atoms with Crippen LogP contribution in [0.15, 0.2) is 64.6 Å². The Morgan fingerprint density at radius 2 is 1.71 bits per heavy atom. The molecule has 0 aliphatic rings. The van der Waals surface area contributed by atoms with Crippen LogP contribution in [0.3, 0.4) is 0 Å². The molecule has 0 bridgehead atoms. The molecule has 2 rings (SSSR count). The fraction of sp³-hybridized carbons (Fsp3) is 0.0667. The molecule has 0 radical (unpaired) electrons. The van der Waals surface area contributed by atoms with Crippen LogP contribution in [0.5, 0.6) is 0 Å². The molecule has 106 valence electrons. The van der Waals surface area contributed by atoms with Gasteiger partial charge in [-0.2, -0.15) is 13.7 Å². The van der Waals surface area contributed by atoms with Gasteiger partial charge in [0.25, 0.3) is 0 Å². The van der Waals surface area contributed by atoms with Crippen LogP contribution in [-0.2, 0) is 14.4 Å². The molecule has 6 heteroatoms. The van der Waals surface area contributed by atoms with Gasteiger partial charge in [-0.15, -0.1) is 0 Å². The lowest BCUT2D eigenvalue weighted by molar-refractivity contribution is 0.339. The van der Waals surface area contributed by atoms with Crippen molar-refractivity contribution in [2.45, 2.75) is 11.8 Å². The molecule has 5 nitrogen and oxygen atoms in total. The zero-order valence-electron chi connectivity index (χ0n) is 11.2. The summed E-state index contributed by atoms with van der Waals surface area (Å²) in [4.78, 5) is 0.0269. The van der Waals surface area contributed by atoms with Gasteiger partial charge in [-0.05, 0) is 18.6 Å². The Labute approximate surface area is 123 Å². The van der Waals surface area contributed by atoms with E-state index in [1.165, 1.54) is 6.07 Å². The summed E-state index contributed by atoms with van der Waals surface area (Å²) in [6, 6.07) is 16.7. The Hall–Kier alpha value is -2.65. The lowest BCUT2D eigenvalue weighted by atomic mass is 10.1. The maximum Gasteiger partial charge on any atom is 0.358 e. The summed E-state index contributed by atoms with van der Waals surface area (Å²) in [5, 5.41) is 12.5. The Morgan fingerprint density at radius 3 is 2.33 bits per heavy atom. The van der Waals surface area contributed by atoms with Gasteiger partial charge in [-0.25, -0.2) is 0 Å². The number of hydrogen-bond donors (Lipinski definition) is 0. The molecule has 0 spiro atoms. The molecule has 0 amide bonds. The highest BCUT2D eigenvalue weighted by atomic mass is 32.2. The molecule has 0 aliphatic carbocycles. The topological polar surface area (TPSA) is 79.5 Å². The summed E-state index contributed by atoms with van der Waals surface area (Å²) in [6.07, 6.45) is 0. The molecule has 2 aromatic carbocycles. The number of nitrogens with zero attached hydrogens (tertiary/aromatic N) is 2. The normalized spacial score (nSPS) is 11.7. The molecule has 0 aliphatic heterocycles. The van der Waals surface area contributed by atoms with E-state index < -0.39 is 10.1 Å². The van der Waals surface area contributed by atoms with Gasteiger partial charge < -0.3 is 0 Å². The van der Waals surface area contributed by atoms with Gasteiger partial charge in [0.15, 0.2) is 5.71 Å². The Morgan fingerprint density at radius 1 is 1.10 bits per heavy atom. The highest BCUT2D eigenvalue weighted by Crippen LogP contribution is 2.17. The van der Waals surface area contributed by atoms with E-state index in [9.17, 15) is 8.42 Å². The molecule has 21 heavy (non-hydrogen) atoms. The van der Waals surface area contributed by atoms with Gasteiger partial charge in [-0.1, -0.05) is 53.7 Å². The largest absolute Gasteiger partial charge is 0.358 e. The van der Waals surface area contributed by atoms with Crippen LogP contribution in [0, 0.1) is 18.3 Å². The summed E-state index contributed by atoms with van der Waals surface area (Å²) in [6.45, 7) is 1.66. The van der Waals surface area contributed by atoms with E-state index in [4.69, 9.17) is 5.26 Å². The van der Waals surface area contributed by atoms with Crippen LogP contribution in [-0.4, -0.2) is 14.1 Å². The van der Waals surface area contributed by atoms with E-state index in [2.05, 4.69) is 9.44 Å². The van der Waals surface area contributed by atoms with Crippen LogP contribution in [0.25, 0.3) is 0 Å².